The van der Waals surface area contributed by atoms with Crippen LogP contribution in [0.3, 0.4) is 0 Å². The van der Waals surface area contributed by atoms with Crippen molar-refractivity contribution in [2.45, 2.75) is 44.8 Å². The number of ether oxygens (including phenoxy) is 1. The van der Waals surface area contributed by atoms with Gasteiger partial charge in [0.25, 0.3) is 0 Å². The van der Waals surface area contributed by atoms with Crippen molar-refractivity contribution in [2.24, 2.45) is 0 Å². The van der Waals surface area contributed by atoms with Gasteiger partial charge in [-0.3, -0.25) is 0 Å². The molecule has 0 saturated carbocycles. The van der Waals surface area contributed by atoms with Gasteiger partial charge >= 0.3 is 0 Å². The van der Waals surface area contributed by atoms with Gasteiger partial charge in [-0.15, -0.1) is 0 Å². The molecule has 0 aromatic carbocycles. The van der Waals surface area contributed by atoms with Crippen LogP contribution < -0.4 is 0 Å². The van der Waals surface area contributed by atoms with Crippen LogP contribution in [0.5, 0.6) is 0 Å². The maximum absolute atomic E-state index is 9.83. The van der Waals surface area contributed by atoms with Crippen LogP contribution in [0.25, 0.3) is 0 Å². The molecular formula is C8H16O2. The normalized spacial score (nSPS) is 40.5. The number of rotatable bonds is 2. The minimum atomic E-state index is -0.519. The molecule has 1 N–H and O–H groups in total. The maximum atomic E-state index is 9.83. The van der Waals surface area contributed by atoms with Crippen LogP contribution in [0, 0.1) is 0 Å². The SMILES string of the molecule is CCCC1(O)CCOC1C. The Bertz CT molecular complexity index is 114. The van der Waals surface area contributed by atoms with Crippen molar-refractivity contribution in [1.82, 2.24) is 0 Å². The van der Waals surface area contributed by atoms with E-state index < -0.39 is 5.60 Å². The first kappa shape index (κ1) is 8.02. The van der Waals surface area contributed by atoms with Gasteiger partial charge in [0.1, 0.15) is 0 Å². The van der Waals surface area contributed by atoms with E-state index in [1.807, 2.05) is 6.92 Å². The molecule has 10 heavy (non-hydrogen) atoms. The van der Waals surface area contributed by atoms with Crippen LogP contribution in [-0.2, 0) is 4.74 Å². The van der Waals surface area contributed by atoms with E-state index in [1.165, 1.54) is 0 Å². The Morgan fingerprint density at radius 3 is 2.80 bits per heavy atom. The topological polar surface area (TPSA) is 29.5 Å². The zero-order chi connectivity index (χ0) is 7.61. The summed E-state index contributed by atoms with van der Waals surface area (Å²) in [6.45, 7) is 4.75. The molecule has 0 aromatic heterocycles. The van der Waals surface area contributed by atoms with Crippen LogP contribution in [0.2, 0.25) is 0 Å². The van der Waals surface area contributed by atoms with Crippen LogP contribution in [-0.4, -0.2) is 23.4 Å². The van der Waals surface area contributed by atoms with Gasteiger partial charge in [-0.1, -0.05) is 13.3 Å². The van der Waals surface area contributed by atoms with E-state index >= 15 is 0 Å². The van der Waals surface area contributed by atoms with Crippen LogP contribution in [0.15, 0.2) is 0 Å². The van der Waals surface area contributed by atoms with E-state index in [-0.39, 0.29) is 6.10 Å². The van der Waals surface area contributed by atoms with Gasteiger partial charge in [0.05, 0.1) is 11.7 Å². The molecule has 0 aliphatic carbocycles. The monoisotopic (exact) mass is 144 g/mol. The van der Waals surface area contributed by atoms with E-state index in [1.54, 1.807) is 0 Å². The summed E-state index contributed by atoms with van der Waals surface area (Å²) in [6, 6.07) is 0. The quantitative estimate of drug-likeness (QED) is 0.633. The van der Waals surface area contributed by atoms with Crippen molar-refractivity contribution in [3.63, 3.8) is 0 Å². The minimum Gasteiger partial charge on any atom is -0.387 e. The molecule has 2 unspecified atom stereocenters. The van der Waals surface area contributed by atoms with E-state index in [0.29, 0.717) is 0 Å². The molecule has 2 nitrogen and oxygen atoms in total. The van der Waals surface area contributed by atoms with Gasteiger partial charge in [-0.2, -0.15) is 0 Å². The van der Waals surface area contributed by atoms with Crippen molar-refractivity contribution in [3.05, 3.63) is 0 Å². The second kappa shape index (κ2) is 2.89. The summed E-state index contributed by atoms with van der Waals surface area (Å²) in [6.07, 6.45) is 2.74. The summed E-state index contributed by atoms with van der Waals surface area (Å²) >= 11 is 0. The lowest BCUT2D eigenvalue weighted by Gasteiger charge is -2.24. The third-order valence-electron chi connectivity index (χ3n) is 2.34. The summed E-state index contributed by atoms with van der Waals surface area (Å²) in [4.78, 5) is 0. The third-order valence-corrected chi connectivity index (χ3v) is 2.34. The predicted molar refractivity (Wildman–Crippen MR) is 39.9 cm³/mol. The molecule has 0 bridgehead atoms. The molecule has 1 aliphatic rings. The van der Waals surface area contributed by atoms with Gasteiger partial charge < -0.3 is 9.84 Å². The Labute approximate surface area is 62.2 Å². The fraction of sp³-hybridized carbons (Fsp3) is 1.00. The minimum absolute atomic E-state index is 0.0347. The Morgan fingerprint density at radius 2 is 2.40 bits per heavy atom. The summed E-state index contributed by atoms with van der Waals surface area (Å²) in [7, 11) is 0. The Kier molecular flexibility index (Phi) is 2.32. The summed E-state index contributed by atoms with van der Waals surface area (Å²) in [5, 5.41) is 9.83. The summed E-state index contributed by atoms with van der Waals surface area (Å²) in [5.74, 6) is 0. The number of hydrogen-bond donors (Lipinski definition) is 1. The molecule has 1 saturated heterocycles. The highest BCUT2D eigenvalue weighted by atomic mass is 16.5. The molecule has 0 amide bonds. The average molecular weight is 144 g/mol. The fourth-order valence-corrected chi connectivity index (χ4v) is 1.53. The predicted octanol–water partition coefficient (Wildman–Crippen LogP) is 1.33. The molecule has 1 rings (SSSR count). The molecule has 0 spiro atoms. The Morgan fingerprint density at radius 1 is 1.70 bits per heavy atom. The molecule has 2 heteroatoms. The fourth-order valence-electron chi connectivity index (χ4n) is 1.53. The van der Waals surface area contributed by atoms with Gasteiger partial charge in [0.2, 0.25) is 0 Å². The lowest BCUT2D eigenvalue weighted by molar-refractivity contribution is -0.0334. The number of hydrogen-bond acceptors (Lipinski definition) is 2. The van der Waals surface area contributed by atoms with E-state index in [2.05, 4.69) is 6.92 Å². The van der Waals surface area contributed by atoms with Crippen LogP contribution in [0.4, 0.5) is 0 Å². The first-order valence-electron chi connectivity index (χ1n) is 4.03. The van der Waals surface area contributed by atoms with Gasteiger partial charge in [-0.05, 0) is 13.3 Å². The van der Waals surface area contributed by atoms with Gasteiger partial charge in [0, 0.05) is 13.0 Å². The van der Waals surface area contributed by atoms with Crippen molar-refractivity contribution in [1.29, 1.82) is 0 Å². The van der Waals surface area contributed by atoms with Gasteiger partial charge in [0.15, 0.2) is 0 Å². The maximum Gasteiger partial charge on any atom is 0.0927 e. The zero-order valence-corrected chi connectivity index (χ0v) is 6.76. The van der Waals surface area contributed by atoms with Crippen LogP contribution in [0.1, 0.15) is 33.1 Å². The van der Waals surface area contributed by atoms with E-state index in [0.717, 1.165) is 25.9 Å². The highest BCUT2D eigenvalue weighted by molar-refractivity contribution is 4.88. The van der Waals surface area contributed by atoms with Crippen molar-refractivity contribution >= 4 is 0 Å². The second-order valence-corrected chi connectivity index (χ2v) is 3.12. The molecule has 60 valence electrons. The lowest BCUT2D eigenvalue weighted by Crippen LogP contribution is -2.35. The summed E-state index contributed by atoms with van der Waals surface area (Å²) in [5.41, 5.74) is -0.519. The molecule has 2 atom stereocenters. The molecular weight excluding hydrogens is 128 g/mol. The highest BCUT2D eigenvalue weighted by Gasteiger charge is 2.38. The summed E-state index contributed by atoms with van der Waals surface area (Å²) < 4.78 is 5.27. The molecule has 1 heterocycles. The van der Waals surface area contributed by atoms with Crippen LogP contribution >= 0.6 is 0 Å². The van der Waals surface area contributed by atoms with Crippen molar-refractivity contribution in [2.75, 3.05) is 6.61 Å². The van der Waals surface area contributed by atoms with E-state index in [9.17, 15) is 5.11 Å². The first-order valence-corrected chi connectivity index (χ1v) is 4.03. The van der Waals surface area contributed by atoms with Gasteiger partial charge in [-0.25, -0.2) is 0 Å². The average Bonchev–Trinajstić information content (AvgIpc) is 2.15. The molecule has 0 aromatic rings. The number of aliphatic hydroxyl groups is 1. The molecule has 1 aliphatic heterocycles. The molecule has 1 fully saturated rings. The third kappa shape index (κ3) is 1.32. The standard InChI is InChI=1S/C8H16O2/c1-3-4-8(9)5-6-10-7(8)2/h7,9H,3-6H2,1-2H3. The Hall–Kier alpha value is -0.0800. The Balaban J connectivity index is 2.48. The lowest BCUT2D eigenvalue weighted by atomic mass is 9.92. The smallest absolute Gasteiger partial charge is 0.0927 e. The zero-order valence-electron chi connectivity index (χ0n) is 6.76. The van der Waals surface area contributed by atoms with Crippen molar-refractivity contribution in [3.8, 4) is 0 Å². The van der Waals surface area contributed by atoms with Crippen molar-refractivity contribution < 1.29 is 9.84 Å². The second-order valence-electron chi connectivity index (χ2n) is 3.12. The highest BCUT2D eigenvalue weighted by Crippen LogP contribution is 2.29. The van der Waals surface area contributed by atoms with E-state index in [4.69, 9.17) is 4.74 Å². The largest absolute Gasteiger partial charge is 0.387 e. The first-order chi connectivity index (χ1) is 4.69. The molecule has 0 radical (unpaired) electrons.